The van der Waals surface area contributed by atoms with E-state index in [1.54, 1.807) is 17.4 Å². The molecule has 0 aliphatic rings. The van der Waals surface area contributed by atoms with Gasteiger partial charge in [-0.2, -0.15) is 0 Å². The van der Waals surface area contributed by atoms with Crippen LogP contribution in [0.1, 0.15) is 44.0 Å². The summed E-state index contributed by atoms with van der Waals surface area (Å²) in [5, 5.41) is 9.65. The number of guanidine groups is 1. The molecule has 0 amide bonds. The molecule has 1 aromatic heterocycles. The summed E-state index contributed by atoms with van der Waals surface area (Å²) in [5.41, 5.74) is 1.75. The van der Waals surface area contributed by atoms with Crippen LogP contribution in [0.25, 0.3) is 0 Å². The van der Waals surface area contributed by atoms with E-state index < -0.39 is 0 Å². The summed E-state index contributed by atoms with van der Waals surface area (Å²) in [6, 6.07) is 6.86. The molecule has 0 saturated heterocycles. The fraction of sp³-hybridized carbons (Fsp3) is 0.474. The van der Waals surface area contributed by atoms with Crippen molar-refractivity contribution in [3.63, 3.8) is 0 Å². The summed E-state index contributed by atoms with van der Waals surface area (Å²) >= 11 is 1.68. The zero-order valence-corrected chi connectivity index (χ0v) is 16.2. The monoisotopic (exact) mass is 362 g/mol. The Labute approximate surface area is 153 Å². The second kappa shape index (κ2) is 8.94. The Morgan fingerprint density at radius 3 is 2.64 bits per heavy atom. The SMILES string of the molecule is CCNC(=NCc1csc(C(C)(C)C)n1)NCCc1ccccc1F. The van der Waals surface area contributed by atoms with E-state index in [4.69, 9.17) is 0 Å². The van der Waals surface area contributed by atoms with Crippen molar-refractivity contribution < 1.29 is 4.39 Å². The second-order valence-electron chi connectivity index (χ2n) is 6.86. The van der Waals surface area contributed by atoms with Crippen molar-refractivity contribution in [3.8, 4) is 0 Å². The third-order valence-electron chi connectivity index (χ3n) is 3.58. The van der Waals surface area contributed by atoms with Crippen molar-refractivity contribution in [2.24, 2.45) is 4.99 Å². The number of aromatic nitrogens is 1. The van der Waals surface area contributed by atoms with Gasteiger partial charge in [0.05, 0.1) is 17.2 Å². The lowest BCUT2D eigenvalue weighted by Gasteiger charge is -2.13. The van der Waals surface area contributed by atoms with Crippen LogP contribution in [0, 0.1) is 5.82 Å². The Morgan fingerprint density at radius 2 is 2.00 bits per heavy atom. The zero-order chi connectivity index (χ0) is 18.3. The molecule has 0 spiro atoms. The molecule has 0 bridgehead atoms. The minimum Gasteiger partial charge on any atom is -0.357 e. The molecule has 0 aliphatic carbocycles. The first kappa shape index (κ1) is 19.4. The first-order valence-corrected chi connectivity index (χ1v) is 9.48. The summed E-state index contributed by atoms with van der Waals surface area (Å²) in [7, 11) is 0. The molecule has 0 radical (unpaired) electrons. The lowest BCUT2D eigenvalue weighted by atomic mass is 9.98. The molecule has 25 heavy (non-hydrogen) atoms. The van der Waals surface area contributed by atoms with Crippen molar-refractivity contribution in [1.82, 2.24) is 15.6 Å². The molecule has 1 heterocycles. The van der Waals surface area contributed by atoms with Gasteiger partial charge in [0.2, 0.25) is 0 Å². The molecule has 0 aliphatic heterocycles. The molecular weight excluding hydrogens is 335 g/mol. The maximum Gasteiger partial charge on any atom is 0.191 e. The maximum absolute atomic E-state index is 13.6. The summed E-state index contributed by atoms with van der Waals surface area (Å²) in [4.78, 5) is 9.24. The van der Waals surface area contributed by atoms with Gasteiger partial charge in [-0.3, -0.25) is 0 Å². The van der Waals surface area contributed by atoms with Gasteiger partial charge in [0.1, 0.15) is 5.82 Å². The molecule has 2 aromatic rings. The number of hydrogen-bond donors (Lipinski definition) is 2. The van der Waals surface area contributed by atoms with Gasteiger partial charge in [-0.15, -0.1) is 11.3 Å². The number of rotatable bonds is 6. The highest BCUT2D eigenvalue weighted by Crippen LogP contribution is 2.25. The van der Waals surface area contributed by atoms with Gasteiger partial charge in [-0.1, -0.05) is 39.0 Å². The molecule has 0 saturated carbocycles. The van der Waals surface area contributed by atoms with Crippen LogP contribution in [-0.4, -0.2) is 24.0 Å². The van der Waals surface area contributed by atoms with Crippen molar-refractivity contribution in [2.45, 2.75) is 46.1 Å². The number of hydrogen-bond acceptors (Lipinski definition) is 3. The molecule has 2 N–H and O–H groups in total. The highest BCUT2D eigenvalue weighted by molar-refractivity contribution is 7.09. The zero-order valence-electron chi connectivity index (χ0n) is 15.4. The van der Waals surface area contributed by atoms with E-state index in [0.717, 1.165) is 23.2 Å². The number of halogens is 1. The molecule has 4 nitrogen and oxygen atoms in total. The second-order valence-corrected chi connectivity index (χ2v) is 7.72. The average Bonchev–Trinajstić information content (AvgIpc) is 3.03. The van der Waals surface area contributed by atoms with Crippen LogP contribution in [0.15, 0.2) is 34.6 Å². The summed E-state index contributed by atoms with van der Waals surface area (Å²) in [6.45, 7) is 10.4. The molecule has 136 valence electrons. The molecule has 0 unspecified atom stereocenters. The Balaban J connectivity index is 1.92. The van der Waals surface area contributed by atoms with Crippen LogP contribution in [0.3, 0.4) is 0 Å². The fourth-order valence-electron chi connectivity index (χ4n) is 2.24. The number of benzene rings is 1. The molecule has 2 rings (SSSR count). The maximum atomic E-state index is 13.6. The van der Waals surface area contributed by atoms with E-state index in [9.17, 15) is 4.39 Å². The number of nitrogens with zero attached hydrogens (tertiary/aromatic N) is 2. The van der Waals surface area contributed by atoms with Crippen molar-refractivity contribution >= 4 is 17.3 Å². The molecule has 6 heteroatoms. The third-order valence-corrected chi connectivity index (χ3v) is 4.90. The van der Waals surface area contributed by atoms with Gasteiger partial charge in [-0.25, -0.2) is 14.4 Å². The summed E-state index contributed by atoms with van der Waals surface area (Å²) in [6.07, 6.45) is 0.613. The minimum atomic E-state index is -0.163. The molecule has 0 fully saturated rings. The van der Waals surface area contributed by atoms with Gasteiger partial charge in [-0.05, 0) is 25.0 Å². The quantitative estimate of drug-likeness (QED) is 0.606. The van der Waals surface area contributed by atoms with Gasteiger partial charge in [0, 0.05) is 23.9 Å². The summed E-state index contributed by atoms with van der Waals surface area (Å²) in [5.74, 6) is 0.563. The highest BCUT2D eigenvalue weighted by atomic mass is 32.1. The van der Waals surface area contributed by atoms with Gasteiger partial charge in [0.15, 0.2) is 5.96 Å². The van der Waals surface area contributed by atoms with Crippen molar-refractivity contribution in [2.75, 3.05) is 13.1 Å². The van der Waals surface area contributed by atoms with Crippen LogP contribution >= 0.6 is 11.3 Å². The fourth-order valence-corrected chi connectivity index (χ4v) is 3.14. The minimum absolute atomic E-state index is 0.0646. The topological polar surface area (TPSA) is 49.3 Å². The van der Waals surface area contributed by atoms with Gasteiger partial charge >= 0.3 is 0 Å². The largest absolute Gasteiger partial charge is 0.357 e. The standard InChI is InChI=1S/C19H27FN4S/c1-5-21-18(22-11-10-14-8-6-7-9-16(14)20)23-12-15-13-25-17(24-15)19(2,3)4/h6-9,13H,5,10-12H2,1-4H3,(H2,21,22,23). The lowest BCUT2D eigenvalue weighted by Crippen LogP contribution is -2.38. The van der Waals surface area contributed by atoms with E-state index >= 15 is 0 Å². The summed E-state index contributed by atoms with van der Waals surface area (Å²) < 4.78 is 13.6. The van der Waals surface area contributed by atoms with Crippen LogP contribution in [-0.2, 0) is 18.4 Å². The van der Waals surface area contributed by atoms with Crippen molar-refractivity contribution in [3.05, 3.63) is 51.7 Å². The van der Waals surface area contributed by atoms with E-state index in [-0.39, 0.29) is 11.2 Å². The Morgan fingerprint density at radius 1 is 1.24 bits per heavy atom. The number of thiazole rings is 1. The van der Waals surface area contributed by atoms with E-state index in [0.29, 0.717) is 25.1 Å². The van der Waals surface area contributed by atoms with Crippen molar-refractivity contribution in [1.29, 1.82) is 0 Å². The van der Waals surface area contributed by atoms with Crippen LogP contribution in [0.2, 0.25) is 0 Å². The number of nitrogens with one attached hydrogen (secondary N) is 2. The van der Waals surface area contributed by atoms with Gasteiger partial charge in [0.25, 0.3) is 0 Å². The first-order valence-electron chi connectivity index (χ1n) is 8.60. The van der Waals surface area contributed by atoms with E-state index in [1.165, 1.54) is 6.07 Å². The average molecular weight is 363 g/mol. The molecule has 1 aromatic carbocycles. The third kappa shape index (κ3) is 6.12. The van der Waals surface area contributed by atoms with Crippen LogP contribution in [0.4, 0.5) is 4.39 Å². The number of aliphatic imine (C=N–C) groups is 1. The van der Waals surface area contributed by atoms with E-state index in [1.807, 2.05) is 19.1 Å². The smallest absolute Gasteiger partial charge is 0.191 e. The van der Waals surface area contributed by atoms with E-state index in [2.05, 4.69) is 46.8 Å². The Kier molecular flexibility index (Phi) is 6.93. The normalized spacial score (nSPS) is 12.3. The highest BCUT2D eigenvalue weighted by Gasteiger charge is 2.17. The van der Waals surface area contributed by atoms with Gasteiger partial charge < -0.3 is 10.6 Å². The lowest BCUT2D eigenvalue weighted by molar-refractivity contribution is 0.583. The molecular formula is C19H27FN4S. The van der Waals surface area contributed by atoms with Crippen LogP contribution < -0.4 is 10.6 Å². The molecule has 0 atom stereocenters. The predicted octanol–water partition coefficient (Wildman–Crippen LogP) is 3.88. The van der Waals surface area contributed by atoms with Crippen LogP contribution in [0.5, 0.6) is 0 Å². The predicted molar refractivity (Wildman–Crippen MR) is 104 cm³/mol. The Bertz CT molecular complexity index is 703. The Hall–Kier alpha value is -1.95. The first-order chi connectivity index (χ1) is 11.9.